The summed E-state index contributed by atoms with van der Waals surface area (Å²) < 4.78 is 5.59. The first kappa shape index (κ1) is 15.9. The molecule has 3 N–H and O–H groups in total. The van der Waals surface area contributed by atoms with Crippen LogP contribution in [0.1, 0.15) is 38.1 Å². The van der Waals surface area contributed by atoms with Crippen molar-refractivity contribution in [3.8, 4) is 0 Å². The molecule has 0 aliphatic heterocycles. The van der Waals surface area contributed by atoms with Crippen LogP contribution < -0.4 is 5.73 Å². The number of carbonyl (C=O) groups excluding carboxylic acids is 1. The SMILES string of the molecule is CC(O)c1ccc(CCOC(C)(C)SC(N)=O)nc1. The van der Waals surface area contributed by atoms with Crippen LogP contribution in [0.5, 0.6) is 0 Å². The van der Waals surface area contributed by atoms with Gasteiger partial charge in [0.2, 0.25) is 0 Å². The number of hydrogen-bond acceptors (Lipinski definition) is 5. The Hall–Kier alpha value is -1.11. The lowest BCUT2D eigenvalue weighted by Crippen LogP contribution is -2.25. The first-order valence-corrected chi connectivity index (χ1v) is 6.87. The fourth-order valence-corrected chi connectivity index (χ4v) is 2.13. The summed E-state index contributed by atoms with van der Waals surface area (Å²) in [6, 6.07) is 3.70. The van der Waals surface area contributed by atoms with Crippen LogP contribution >= 0.6 is 11.8 Å². The number of nitrogens with two attached hydrogens (primary N) is 1. The summed E-state index contributed by atoms with van der Waals surface area (Å²) in [5, 5.41) is 8.92. The molecule has 5 nitrogen and oxygen atoms in total. The van der Waals surface area contributed by atoms with Gasteiger partial charge in [0, 0.05) is 18.3 Å². The van der Waals surface area contributed by atoms with Crippen LogP contribution in [0.4, 0.5) is 4.79 Å². The first-order valence-electron chi connectivity index (χ1n) is 6.05. The number of amides is 1. The van der Waals surface area contributed by atoms with Gasteiger partial charge in [0.1, 0.15) is 4.93 Å². The van der Waals surface area contributed by atoms with Crippen LogP contribution in [0.25, 0.3) is 0 Å². The molecule has 0 aliphatic rings. The van der Waals surface area contributed by atoms with Crippen molar-refractivity contribution in [2.24, 2.45) is 5.73 Å². The summed E-state index contributed by atoms with van der Waals surface area (Å²) >= 11 is 0.961. The molecule has 0 bridgehead atoms. The fourth-order valence-electron chi connectivity index (χ4n) is 1.50. The molecule has 1 unspecified atom stereocenters. The largest absolute Gasteiger partial charge is 0.389 e. The van der Waals surface area contributed by atoms with Gasteiger partial charge in [-0.1, -0.05) is 6.07 Å². The van der Waals surface area contributed by atoms with Crippen molar-refractivity contribution in [2.75, 3.05) is 6.61 Å². The molecule has 0 fully saturated rings. The number of aromatic nitrogens is 1. The highest BCUT2D eigenvalue weighted by molar-refractivity contribution is 8.14. The number of nitrogens with zero attached hydrogens (tertiary/aromatic N) is 1. The number of aliphatic hydroxyl groups excluding tert-OH is 1. The van der Waals surface area contributed by atoms with Gasteiger partial charge in [-0.15, -0.1) is 0 Å². The number of pyridine rings is 1. The van der Waals surface area contributed by atoms with Gasteiger partial charge in [-0.3, -0.25) is 9.78 Å². The number of rotatable bonds is 6. The average Bonchev–Trinajstić information content (AvgIpc) is 2.27. The van der Waals surface area contributed by atoms with Crippen LogP contribution in [0.15, 0.2) is 18.3 Å². The van der Waals surface area contributed by atoms with E-state index in [1.807, 2.05) is 12.1 Å². The molecule has 0 saturated heterocycles. The van der Waals surface area contributed by atoms with Gasteiger partial charge < -0.3 is 15.6 Å². The predicted octanol–water partition coefficient (Wildman–Crippen LogP) is 2.24. The van der Waals surface area contributed by atoms with Crippen LogP contribution in [-0.2, 0) is 11.2 Å². The normalized spacial score (nSPS) is 13.3. The lowest BCUT2D eigenvalue weighted by atomic mass is 10.1. The molecule has 1 atom stereocenters. The van der Waals surface area contributed by atoms with E-state index in [4.69, 9.17) is 10.5 Å². The van der Waals surface area contributed by atoms with E-state index in [0.29, 0.717) is 13.0 Å². The standard InChI is InChI=1S/C13H20N2O3S/c1-9(16)10-4-5-11(15-8-10)6-7-18-13(2,3)19-12(14)17/h4-5,8-9,16H,6-7H2,1-3H3,(H2,14,17). The lowest BCUT2D eigenvalue weighted by molar-refractivity contribution is 0.0549. The Kier molecular flexibility index (Phi) is 5.78. The van der Waals surface area contributed by atoms with E-state index in [1.54, 1.807) is 27.0 Å². The maximum absolute atomic E-state index is 10.8. The summed E-state index contributed by atoms with van der Waals surface area (Å²) in [6.07, 6.45) is 1.79. The third-order valence-electron chi connectivity index (χ3n) is 2.48. The van der Waals surface area contributed by atoms with Crippen molar-refractivity contribution in [3.05, 3.63) is 29.6 Å². The molecule has 1 aromatic heterocycles. The van der Waals surface area contributed by atoms with Gasteiger partial charge in [-0.25, -0.2) is 0 Å². The summed E-state index contributed by atoms with van der Waals surface area (Å²) in [7, 11) is 0. The first-order chi connectivity index (χ1) is 8.80. The van der Waals surface area contributed by atoms with Crippen molar-refractivity contribution in [1.29, 1.82) is 0 Å². The smallest absolute Gasteiger partial charge is 0.279 e. The molecule has 0 radical (unpaired) electrons. The summed E-state index contributed by atoms with van der Waals surface area (Å²) in [4.78, 5) is 14.4. The number of thioether (sulfide) groups is 1. The molecule has 1 heterocycles. The van der Waals surface area contributed by atoms with Crippen molar-refractivity contribution in [3.63, 3.8) is 0 Å². The van der Waals surface area contributed by atoms with Crippen molar-refractivity contribution < 1.29 is 14.6 Å². The Morgan fingerprint density at radius 3 is 2.74 bits per heavy atom. The van der Waals surface area contributed by atoms with Gasteiger partial charge in [-0.05, 0) is 44.2 Å². The molecule has 1 aromatic rings. The second-order valence-corrected chi connectivity index (χ2v) is 6.27. The van der Waals surface area contributed by atoms with Crippen molar-refractivity contribution in [2.45, 2.75) is 38.2 Å². The minimum Gasteiger partial charge on any atom is -0.389 e. The van der Waals surface area contributed by atoms with Gasteiger partial charge >= 0.3 is 0 Å². The number of aliphatic hydroxyl groups is 1. The third-order valence-corrected chi connectivity index (χ3v) is 3.29. The second kappa shape index (κ2) is 6.88. The molecule has 1 rings (SSSR count). The fraction of sp³-hybridized carbons (Fsp3) is 0.538. The maximum Gasteiger partial charge on any atom is 0.279 e. The molecular formula is C13H20N2O3S. The zero-order chi connectivity index (χ0) is 14.5. The molecule has 19 heavy (non-hydrogen) atoms. The monoisotopic (exact) mass is 284 g/mol. The second-order valence-electron chi connectivity index (χ2n) is 4.68. The van der Waals surface area contributed by atoms with E-state index >= 15 is 0 Å². The van der Waals surface area contributed by atoms with Gasteiger partial charge in [0.25, 0.3) is 5.24 Å². The molecule has 106 valence electrons. The predicted molar refractivity (Wildman–Crippen MR) is 75.8 cm³/mol. The Morgan fingerprint density at radius 2 is 2.26 bits per heavy atom. The van der Waals surface area contributed by atoms with Crippen LogP contribution in [-0.4, -0.2) is 26.9 Å². The quantitative estimate of drug-likeness (QED) is 0.782. The number of carbonyl (C=O) groups is 1. The Morgan fingerprint density at radius 1 is 1.58 bits per heavy atom. The van der Waals surface area contributed by atoms with Crippen molar-refractivity contribution >= 4 is 17.0 Å². The zero-order valence-electron chi connectivity index (χ0n) is 11.4. The summed E-state index contributed by atoms with van der Waals surface area (Å²) in [5.74, 6) is 0. The molecule has 1 amide bonds. The highest BCUT2D eigenvalue weighted by atomic mass is 32.2. The van der Waals surface area contributed by atoms with E-state index in [9.17, 15) is 9.90 Å². The number of ether oxygens (including phenoxy) is 1. The minimum atomic E-state index is -0.634. The molecule has 6 heteroatoms. The minimum absolute atomic E-state index is 0.453. The van der Waals surface area contributed by atoms with E-state index in [2.05, 4.69) is 4.98 Å². The van der Waals surface area contributed by atoms with Crippen LogP contribution in [0, 0.1) is 0 Å². The number of hydrogen-bond donors (Lipinski definition) is 2. The van der Waals surface area contributed by atoms with E-state index in [-0.39, 0.29) is 0 Å². The van der Waals surface area contributed by atoms with E-state index in [1.165, 1.54) is 0 Å². The lowest BCUT2D eigenvalue weighted by Gasteiger charge is -2.22. The highest BCUT2D eigenvalue weighted by Crippen LogP contribution is 2.25. The maximum atomic E-state index is 10.8. The summed E-state index contributed by atoms with van der Waals surface area (Å²) in [6.45, 7) is 5.75. The van der Waals surface area contributed by atoms with Gasteiger partial charge in [-0.2, -0.15) is 0 Å². The molecule has 0 aliphatic carbocycles. The van der Waals surface area contributed by atoms with Gasteiger partial charge in [0.05, 0.1) is 12.7 Å². The van der Waals surface area contributed by atoms with Crippen molar-refractivity contribution in [1.82, 2.24) is 4.98 Å². The topological polar surface area (TPSA) is 85.4 Å². The average molecular weight is 284 g/mol. The zero-order valence-corrected chi connectivity index (χ0v) is 12.2. The van der Waals surface area contributed by atoms with E-state index in [0.717, 1.165) is 23.0 Å². The molecule has 0 saturated carbocycles. The Labute approximate surface area is 117 Å². The summed E-state index contributed by atoms with van der Waals surface area (Å²) in [5.41, 5.74) is 6.78. The van der Waals surface area contributed by atoms with Gasteiger partial charge in [0.15, 0.2) is 0 Å². The Balaban J connectivity index is 2.42. The molecule has 0 spiro atoms. The number of primary amides is 1. The third kappa shape index (κ3) is 6.04. The van der Waals surface area contributed by atoms with Crippen LogP contribution in [0.2, 0.25) is 0 Å². The highest BCUT2D eigenvalue weighted by Gasteiger charge is 2.22. The molecule has 0 aromatic carbocycles. The van der Waals surface area contributed by atoms with E-state index < -0.39 is 16.3 Å². The molecular weight excluding hydrogens is 264 g/mol. The Bertz CT molecular complexity index is 418. The van der Waals surface area contributed by atoms with Crippen LogP contribution in [0.3, 0.4) is 0 Å².